The van der Waals surface area contributed by atoms with Crippen LogP contribution in [-0.2, 0) is 0 Å². The largest absolute Gasteiger partial charge is 0.379 e. The van der Waals surface area contributed by atoms with Crippen molar-refractivity contribution in [3.8, 4) is 12.8 Å². The third-order valence-electron chi connectivity index (χ3n) is 0. The summed E-state index contributed by atoms with van der Waals surface area (Å²) < 4.78 is 29.0. The lowest BCUT2D eigenvalue weighted by Gasteiger charge is -1.65. The molecule has 0 bridgehead atoms. The monoisotopic (exact) mass is 96.0 g/mol. The standard InChI is InChI=1S/C2H2.CHF3/c1-2;2-1(3)4/h1-2H;1H. The van der Waals surface area contributed by atoms with Gasteiger partial charge in [-0.1, -0.05) is 0 Å². The van der Waals surface area contributed by atoms with Crippen molar-refractivity contribution < 1.29 is 13.2 Å². The SMILES string of the molecule is C#C.FC(F)F. The molecule has 0 amide bonds. The first-order chi connectivity index (χ1) is 2.73. The van der Waals surface area contributed by atoms with Gasteiger partial charge in [-0.2, -0.15) is 13.2 Å². The minimum Gasteiger partial charge on any atom is -0.174 e. The van der Waals surface area contributed by atoms with Gasteiger partial charge in [0.15, 0.2) is 0 Å². The Kier molecular flexibility index (Phi) is 13.3. The van der Waals surface area contributed by atoms with Crippen LogP contribution in [0, 0.1) is 12.8 Å². The average Bonchev–Trinajstić information content (AvgIpc) is 1.41. The highest BCUT2D eigenvalue weighted by atomic mass is 19.4. The maximum Gasteiger partial charge on any atom is 0.379 e. The molecule has 0 aliphatic rings. The van der Waals surface area contributed by atoms with Gasteiger partial charge in [0, 0.05) is 0 Å². The number of hydrogen-bond acceptors (Lipinski definition) is 0. The van der Waals surface area contributed by atoms with E-state index in [4.69, 9.17) is 0 Å². The van der Waals surface area contributed by atoms with E-state index in [1.807, 2.05) is 0 Å². The lowest BCUT2D eigenvalue weighted by atomic mass is 11.4. The van der Waals surface area contributed by atoms with Crippen molar-refractivity contribution in [1.82, 2.24) is 0 Å². The van der Waals surface area contributed by atoms with Gasteiger partial charge < -0.3 is 0 Å². The van der Waals surface area contributed by atoms with Crippen molar-refractivity contribution in [3.63, 3.8) is 0 Å². The predicted octanol–water partition coefficient (Wildman–Crippen LogP) is 1.43. The van der Waals surface area contributed by atoms with E-state index >= 15 is 0 Å². The molecule has 0 atom stereocenters. The molecule has 0 aromatic heterocycles. The summed E-state index contributed by atoms with van der Waals surface area (Å²) in [7, 11) is 0. The van der Waals surface area contributed by atoms with Crippen LogP contribution in [0.15, 0.2) is 0 Å². The summed E-state index contributed by atoms with van der Waals surface area (Å²) in [6.45, 7) is -3.67. The van der Waals surface area contributed by atoms with Crippen LogP contribution in [0.2, 0.25) is 0 Å². The van der Waals surface area contributed by atoms with Crippen LogP contribution in [0.1, 0.15) is 0 Å². The van der Waals surface area contributed by atoms with Crippen LogP contribution in [0.25, 0.3) is 0 Å². The normalized spacial score (nSPS) is 6.33. The van der Waals surface area contributed by atoms with Gasteiger partial charge in [0.05, 0.1) is 0 Å². The number of rotatable bonds is 0. The Morgan fingerprint density at radius 1 is 1.00 bits per heavy atom. The summed E-state index contributed by atoms with van der Waals surface area (Å²) in [5, 5.41) is 0. The van der Waals surface area contributed by atoms with Crippen molar-refractivity contribution in [2.45, 2.75) is 6.68 Å². The molecule has 0 aromatic rings. The molecular weight excluding hydrogens is 93.0 g/mol. The molecular formula is C3H3F3. The molecule has 0 saturated heterocycles. The van der Waals surface area contributed by atoms with Crippen LogP contribution in [0.5, 0.6) is 0 Å². The Bertz CT molecular complexity index is 27.5. The highest BCUT2D eigenvalue weighted by molar-refractivity contribution is 4.47. The molecule has 6 heavy (non-hydrogen) atoms. The first kappa shape index (κ1) is 9.02. The minimum absolute atomic E-state index is 3.67. The van der Waals surface area contributed by atoms with Crippen molar-refractivity contribution in [3.05, 3.63) is 0 Å². The Morgan fingerprint density at radius 2 is 1.00 bits per heavy atom. The van der Waals surface area contributed by atoms with Crippen LogP contribution >= 0.6 is 0 Å². The fraction of sp³-hybridized carbons (Fsp3) is 0.333. The predicted molar refractivity (Wildman–Crippen MR) is 17.0 cm³/mol. The molecule has 0 heterocycles. The van der Waals surface area contributed by atoms with Crippen LogP contribution < -0.4 is 0 Å². The van der Waals surface area contributed by atoms with Gasteiger partial charge in [-0.05, 0) is 0 Å². The fourth-order valence-corrected chi connectivity index (χ4v) is 0. The van der Waals surface area contributed by atoms with Crippen LogP contribution in [0.4, 0.5) is 13.2 Å². The summed E-state index contributed by atoms with van der Waals surface area (Å²) >= 11 is 0. The summed E-state index contributed by atoms with van der Waals surface area (Å²) in [6.07, 6.45) is 8.00. The number of terminal acetylenes is 1. The zero-order chi connectivity index (χ0) is 5.58. The van der Waals surface area contributed by atoms with Gasteiger partial charge in [0.1, 0.15) is 0 Å². The molecule has 3 heteroatoms. The molecule has 0 fully saturated rings. The van der Waals surface area contributed by atoms with Gasteiger partial charge in [0.25, 0.3) is 0 Å². The lowest BCUT2D eigenvalue weighted by molar-refractivity contribution is 0.00819. The summed E-state index contributed by atoms with van der Waals surface area (Å²) in [6, 6.07) is 0. The average molecular weight is 96.1 g/mol. The number of halogens is 3. The van der Waals surface area contributed by atoms with Gasteiger partial charge in [-0.25, -0.2) is 0 Å². The summed E-state index contributed by atoms with van der Waals surface area (Å²) in [5.74, 6) is 0. The Balaban J connectivity index is 0. The second-order valence-electron chi connectivity index (χ2n) is 0.247. The fourth-order valence-electron chi connectivity index (χ4n) is 0. The van der Waals surface area contributed by atoms with E-state index in [1.165, 1.54) is 0 Å². The molecule has 0 aliphatic carbocycles. The van der Waals surface area contributed by atoms with Gasteiger partial charge in [0.2, 0.25) is 0 Å². The van der Waals surface area contributed by atoms with E-state index in [0.717, 1.165) is 0 Å². The molecule has 36 valence electrons. The van der Waals surface area contributed by atoms with Crippen molar-refractivity contribution in [2.75, 3.05) is 0 Å². The number of hydrogen-bond donors (Lipinski definition) is 0. The van der Waals surface area contributed by atoms with Crippen LogP contribution in [-0.4, -0.2) is 6.68 Å². The second kappa shape index (κ2) is 8.84. The Hall–Kier alpha value is -0.650. The van der Waals surface area contributed by atoms with Crippen molar-refractivity contribution in [2.24, 2.45) is 0 Å². The van der Waals surface area contributed by atoms with E-state index in [0.29, 0.717) is 0 Å². The maximum absolute atomic E-state index is 9.67. The van der Waals surface area contributed by atoms with E-state index in [1.54, 1.807) is 0 Å². The second-order valence-corrected chi connectivity index (χ2v) is 0.247. The van der Waals surface area contributed by atoms with Gasteiger partial charge in [-0.3, -0.25) is 0 Å². The molecule has 0 saturated carbocycles. The van der Waals surface area contributed by atoms with E-state index in [9.17, 15) is 13.2 Å². The van der Waals surface area contributed by atoms with Crippen molar-refractivity contribution >= 4 is 0 Å². The minimum atomic E-state index is -3.67. The van der Waals surface area contributed by atoms with Crippen molar-refractivity contribution in [1.29, 1.82) is 0 Å². The third kappa shape index (κ3) is 43.8. The first-order valence-electron chi connectivity index (χ1n) is 0.988. The molecule has 0 aliphatic heterocycles. The van der Waals surface area contributed by atoms with Gasteiger partial charge >= 0.3 is 6.68 Å². The molecule has 0 unspecified atom stereocenters. The highest BCUT2D eigenvalue weighted by Gasteiger charge is 1.86. The number of alkyl halides is 3. The third-order valence-corrected chi connectivity index (χ3v) is 0. The maximum atomic E-state index is 9.67. The molecule has 0 radical (unpaired) electrons. The first-order valence-corrected chi connectivity index (χ1v) is 0.988. The van der Waals surface area contributed by atoms with E-state index < -0.39 is 6.68 Å². The van der Waals surface area contributed by atoms with E-state index in [-0.39, 0.29) is 0 Å². The zero-order valence-corrected chi connectivity index (χ0v) is 2.87. The summed E-state index contributed by atoms with van der Waals surface area (Å²) in [4.78, 5) is 0. The Morgan fingerprint density at radius 3 is 1.00 bits per heavy atom. The zero-order valence-electron chi connectivity index (χ0n) is 2.87. The molecule has 0 rings (SSSR count). The highest BCUT2D eigenvalue weighted by Crippen LogP contribution is 1.87. The van der Waals surface area contributed by atoms with Gasteiger partial charge in [-0.15, -0.1) is 12.8 Å². The van der Waals surface area contributed by atoms with E-state index in [2.05, 4.69) is 12.8 Å². The molecule has 0 N–H and O–H groups in total. The smallest absolute Gasteiger partial charge is 0.174 e. The Labute approximate surface area is 34.0 Å². The molecule has 0 aromatic carbocycles. The quantitative estimate of drug-likeness (QED) is 0.400. The molecule has 0 nitrogen and oxygen atoms in total. The topological polar surface area (TPSA) is 0 Å². The molecule has 0 spiro atoms. The van der Waals surface area contributed by atoms with Crippen LogP contribution in [0.3, 0.4) is 0 Å². The summed E-state index contributed by atoms with van der Waals surface area (Å²) in [5.41, 5.74) is 0. The lowest BCUT2D eigenvalue weighted by Crippen LogP contribution is -1.65.